The topological polar surface area (TPSA) is 237 Å². The van der Waals surface area contributed by atoms with Crippen molar-refractivity contribution < 1.29 is 80.2 Å². The normalized spacial score (nSPS) is 13.9. The highest BCUT2D eigenvalue weighted by molar-refractivity contribution is 7.47. The third-order valence-corrected chi connectivity index (χ3v) is 24.3. The van der Waals surface area contributed by atoms with E-state index in [0.29, 0.717) is 25.7 Å². The minimum atomic E-state index is -4.97. The van der Waals surface area contributed by atoms with Crippen LogP contribution in [0, 0.1) is 5.92 Å². The summed E-state index contributed by atoms with van der Waals surface area (Å²) in [6, 6.07) is 0. The van der Waals surface area contributed by atoms with Gasteiger partial charge >= 0.3 is 39.5 Å². The molecule has 0 fully saturated rings. The largest absolute Gasteiger partial charge is 0.472 e. The molecule has 0 spiro atoms. The van der Waals surface area contributed by atoms with Crippen LogP contribution in [0.15, 0.2) is 0 Å². The Kier molecular flexibility index (Phi) is 84.0. The lowest BCUT2D eigenvalue weighted by Crippen LogP contribution is -2.30. The molecule has 0 aromatic rings. The fourth-order valence-corrected chi connectivity index (χ4v) is 16.3. The Bertz CT molecular complexity index is 2120. The van der Waals surface area contributed by atoms with Crippen LogP contribution in [0.2, 0.25) is 0 Å². The number of carbonyl (C=O) groups is 4. The zero-order chi connectivity index (χ0) is 81.8. The van der Waals surface area contributed by atoms with Crippen LogP contribution in [-0.4, -0.2) is 96.7 Å². The van der Waals surface area contributed by atoms with Crippen LogP contribution in [0.4, 0.5) is 0 Å². The zero-order valence-electron chi connectivity index (χ0n) is 73.8. The fourth-order valence-electron chi connectivity index (χ4n) is 14.7. The Morgan fingerprint density at radius 3 is 0.634 bits per heavy atom. The average molecular weight is 1630 g/mol. The van der Waals surface area contributed by atoms with Crippen molar-refractivity contribution in [3.05, 3.63) is 0 Å². The van der Waals surface area contributed by atoms with Gasteiger partial charge in [0.25, 0.3) is 0 Å². The van der Waals surface area contributed by atoms with Gasteiger partial charge in [-0.1, -0.05) is 458 Å². The smallest absolute Gasteiger partial charge is 0.462 e. The molecular weight excluding hydrogens is 1450 g/mol. The second-order valence-electron chi connectivity index (χ2n) is 33.6. The molecule has 666 valence electrons. The zero-order valence-corrected chi connectivity index (χ0v) is 75.6. The third-order valence-electron chi connectivity index (χ3n) is 22.4. The Morgan fingerprint density at radius 2 is 0.429 bits per heavy atom. The number of aliphatic hydroxyl groups excluding tert-OH is 1. The van der Waals surface area contributed by atoms with E-state index >= 15 is 0 Å². The van der Waals surface area contributed by atoms with Gasteiger partial charge in [0.2, 0.25) is 0 Å². The molecule has 112 heavy (non-hydrogen) atoms. The third kappa shape index (κ3) is 84.5. The predicted molar refractivity (Wildman–Crippen MR) is 465 cm³/mol. The number of ether oxygens (including phenoxy) is 4. The molecule has 19 heteroatoms. The van der Waals surface area contributed by atoms with Crippen LogP contribution in [0.3, 0.4) is 0 Å². The summed E-state index contributed by atoms with van der Waals surface area (Å²) in [5.74, 6) is -1.31. The summed E-state index contributed by atoms with van der Waals surface area (Å²) in [5.41, 5.74) is 0. The number of phosphoric acid groups is 2. The monoisotopic (exact) mass is 1630 g/mol. The number of hydrogen-bond acceptors (Lipinski definition) is 15. The minimum absolute atomic E-state index is 0.109. The van der Waals surface area contributed by atoms with Crippen molar-refractivity contribution in [2.75, 3.05) is 39.6 Å². The fraction of sp³-hybridized carbons (Fsp3) is 0.957. The Balaban J connectivity index is 5.24. The molecule has 0 radical (unpaired) electrons. The van der Waals surface area contributed by atoms with E-state index in [9.17, 15) is 43.2 Å². The molecule has 0 aliphatic carbocycles. The first-order chi connectivity index (χ1) is 54.6. The highest BCUT2D eigenvalue weighted by Gasteiger charge is 2.31. The second-order valence-corrected chi connectivity index (χ2v) is 36.6. The summed E-state index contributed by atoms with van der Waals surface area (Å²) in [7, 11) is -9.94. The number of unbranched alkanes of at least 4 members (excludes halogenated alkanes) is 64. The molecule has 0 aliphatic heterocycles. The molecular formula is C93H182O17P2. The van der Waals surface area contributed by atoms with Crippen molar-refractivity contribution in [1.29, 1.82) is 0 Å². The van der Waals surface area contributed by atoms with E-state index in [1.807, 2.05) is 0 Å². The highest BCUT2D eigenvalue weighted by atomic mass is 31.2. The van der Waals surface area contributed by atoms with Crippen molar-refractivity contribution in [1.82, 2.24) is 0 Å². The lowest BCUT2D eigenvalue weighted by atomic mass is 9.99. The SMILES string of the molecule is CCCCCCCCCCCCCCCCCCCCCCCC(=O)O[C@H](COC(=O)CCCCCCCCCCCCCCCCCCCCCC)COP(=O)(O)OC[C@@H](O)COP(=O)(O)OC[C@@H](COC(=O)CCCCCCCCCCC(C)CC)OC(=O)CCCCCCCCCCCCCCCCCCCCC. The minimum Gasteiger partial charge on any atom is -0.462 e. The first kappa shape index (κ1) is 110. The van der Waals surface area contributed by atoms with Crippen molar-refractivity contribution in [3.8, 4) is 0 Å². The number of hydrogen-bond donors (Lipinski definition) is 3. The quantitative estimate of drug-likeness (QED) is 0.0222. The van der Waals surface area contributed by atoms with Gasteiger partial charge < -0.3 is 33.8 Å². The van der Waals surface area contributed by atoms with Crippen LogP contribution in [-0.2, 0) is 65.4 Å². The van der Waals surface area contributed by atoms with E-state index in [1.54, 1.807) is 0 Å². The maximum absolute atomic E-state index is 13.2. The maximum Gasteiger partial charge on any atom is 0.472 e. The average Bonchev–Trinajstić information content (AvgIpc) is 0.897. The molecule has 3 N–H and O–H groups in total. The van der Waals surface area contributed by atoms with Gasteiger partial charge in [0.15, 0.2) is 12.2 Å². The number of carbonyl (C=O) groups excluding carboxylic acids is 4. The van der Waals surface area contributed by atoms with Gasteiger partial charge in [0.1, 0.15) is 19.3 Å². The molecule has 0 aromatic carbocycles. The number of phosphoric ester groups is 2. The van der Waals surface area contributed by atoms with Crippen LogP contribution in [0.1, 0.15) is 510 Å². The second kappa shape index (κ2) is 85.5. The number of rotatable bonds is 93. The predicted octanol–water partition coefficient (Wildman–Crippen LogP) is 29.1. The first-order valence-corrected chi connectivity index (χ1v) is 51.2. The summed E-state index contributed by atoms with van der Waals surface area (Å²) in [6.45, 7) is 7.41. The molecule has 17 nitrogen and oxygen atoms in total. The van der Waals surface area contributed by atoms with Crippen molar-refractivity contribution in [2.24, 2.45) is 5.92 Å². The maximum atomic E-state index is 13.2. The standard InChI is InChI=1S/C93H182O17P2/c1-6-10-13-16-19-22-25-28-31-34-37-39-42-45-48-51-54-57-64-69-73-78-92(97)109-88(82-103-90(95)76-71-66-61-55-52-49-46-43-41-38-35-32-29-26-23-20-17-14-11-7-2)84-107-111(99,100)105-80-87(94)81-106-112(101,102)108-85-89(83-104-91(96)77-72-67-62-59-58-60-65-70-75-86(5)9-4)110-93(98)79-74-68-63-56-53-50-47-44-40-36-33-30-27-24-21-18-15-12-8-3/h86-89,94H,6-85H2,1-5H3,(H,99,100)(H,101,102)/t86?,87-,88-,89-/m1/s1. The molecule has 0 heterocycles. The summed E-state index contributed by atoms with van der Waals surface area (Å²) in [6.07, 6.45) is 82.1. The first-order valence-electron chi connectivity index (χ1n) is 48.2. The van der Waals surface area contributed by atoms with E-state index in [4.69, 9.17) is 37.0 Å². The molecule has 0 saturated carbocycles. The molecule has 0 saturated heterocycles. The summed E-state index contributed by atoms with van der Waals surface area (Å²) in [5, 5.41) is 10.7. The molecule has 0 amide bonds. The van der Waals surface area contributed by atoms with Gasteiger partial charge in [0.05, 0.1) is 26.4 Å². The summed E-state index contributed by atoms with van der Waals surface area (Å²) >= 11 is 0. The van der Waals surface area contributed by atoms with Gasteiger partial charge in [-0.15, -0.1) is 0 Å². The molecule has 6 atom stereocenters. The van der Waals surface area contributed by atoms with Crippen molar-refractivity contribution >= 4 is 39.5 Å². The van der Waals surface area contributed by atoms with Crippen LogP contribution < -0.4 is 0 Å². The van der Waals surface area contributed by atoms with Gasteiger partial charge in [-0.05, 0) is 31.6 Å². The Hall–Kier alpha value is -1.94. The number of aliphatic hydroxyl groups is 1. The van der Waals surface area contributed by atoms with Crippen molar-refractivity contribution in [3.63, 3.8) is 0 Å². The lowest BCUT2D eigenvalue weighted by Gasteiger charge is -2.21. The summed E-state index contributed by atoms with van der Waals surface area (Å²) < 4.78 is 69.2. The van der Waals surface area contributed by atoms with Crippen LogP contribution >= 0.6 is 15.6 Å². The molecule has 0 rings (SSSR count). The van der Waals surface area contributed by atoms with Gasteiger partial charge in [-0.2, -0.15) is 0 Å². The highest BCUT2D eigenvalue weighted by Crippen LogP contribution is 2.45. The van der Waals surface area contributed by atoms with Gasteiger partial charge in [-0.25, -0.2) is 9.13 Å². The molecule has 3 unspecified atom stereocenters. The van der Waals surface area contributed by atoms with Crippen LogP contribution in [0.25, 0.3) is 0 Å². The molecule has 0 aromatic heterocycles. The van der Waals surface area contributed by atoms with Gasteiger partial charge in [-0.3, -0.25) is 37.3 Å². The van der Waals surface area contributed by atoms with E-state index in [0.717, 1.165) is 95.8 Å². The molecule has 0 aliphatic rings. The molecule has 0 bridgehead atoms. The van der Waals surface area contributed by atoms with E-state index in [2.05, 4.69) is 34.6 Å². The number of esters is 4. The van der Waals surface area contributed by atoms with Gasteiger partial charge in [0, 0.05) is 25.7 Å². The Morgan fingerprint density at radius 1 is 0.250 bits per heavy atom. The summed E-state index contributed by atoms with van der Waals surface area (Å²) in [4.78, 5) is 73.5. The lowest BCUT2D eigenvalue weighted by molar-refractivity contribution is -0.161. The van der Waals surface area contributed by atoms with E-state index in [-0.39, 0.29) is 25.7 Å². The van der Waals surface area contributed by atoms with Crippen LogP contribution in [0.5, 0.6) is 0 Å². The van der Waals surface area contributed by atoms with E-state index < -0.39 is 97.5 Å². The Labute approximate surface area is 689 Å². The van der Waals surface area contributed by atoms with E-state index in [1.165, 1.54) is 334 Å². The van der Waals surface area contributed by atoms with Crippen molar-refractivity contribution in [2.45, 2.75) is 528 Å².